The van der Waals surface area contributed by atoms with Gasteiger partial charge in [0, 0.05) is 12.8 Å². The maximum Gasteiger partial charge on any atom is 0.418 e. The van der Waals surface area contributed by atoms with Crippen molar-refractivity contribution in [1.29, 1.82) is 0 Å². The van der Waals surface area contributed by atoms with Gasteiger partial charge in [-0.05, 0) is 12.1 Å². The molecule has 1 atom stereocenters. The summed E-state index contributed by atoms with van der Waals surface area (Å²) in [6.07, 6.45) is -4.42. The van der Waals surface area contributed by atoms with Crippen LogP contribution in [-0.4, -0.2) is 31.5 Å². The third-order valence-electron chi connectivity index (χ3n) is 2.18. The standard InChI is InChI=1S/C11H14F3NO2/c1-17-7-8(6-16)15-10-5-3-2-4-9(10)11(12,13)14/h2-5,8,15-16H,6-7H2,1H3. The zero-order valence-corrected chi connectivity index (χ0v) is 9.29. The van der Waals surface area contributed by atoms with E-state index in [1.807, 2.05) is 0 Å². The fourth-order valence-corrected chi connectivity index (χ4v) is 1.42. The van der Waals surface area contributed by atoms with Crippen LogP contribution in [0.1, 0.15) is 5.56 Å². The average Bonchev–Trinajstić information content (AvgIpc) is 2.27. The van der Waals surface area contributed by atoms with Gasteiger partial charge in [-0.3, -0.25) is 0 Å². The Balaban J connectivity index is 2.90. The summed E-state index contributed by atoms with van der Waals surface area (Å²) in [7, 11) is 1.42. The first kappa shape index (κ1) is 13.8. The number of aliphatic hydroxyl groups is 1. The van der Waals surface area contributed by atoms with Gasteiger partial charge in [-0.15, -0.1) is 0 Å². The number of ether oxygens (including phenoxy) is 1. The van der Waals surface area contributed by atoms with Crippen LogP contribution in [0.3, 0.4) is 0 Å². The lowest BCUT2D eigenvalue weighted by Gasteiger charge is -2.20. The molecule has 0 heterocycles. The van der Waals surface area contributed by atoms with E-state index in [1.54, 1.807) is 0 Å². The molecule has 0 bridgehead atoms. The topological polar surface area (TPSA) is 41.5 Å². The van der Waals surface area contributed by atoms with Crippen molar-refractivity contribution in [2.45, 2.75) is 12.2 Å². The number of halogens is 3. The molecule has 0 radical (unpaired) electrons. The van der Waals surface area contributed by atoms with Gasteiger partial charge in [0.15, 0.2) is 0 Å². The van der Waals surface area contributed by atoms with Gasteiger partial charge >= 0.3 is 6.18 Å². The molecule has 0 amide bonds. The molecule has 6 heteroatoms. The van der Waals surface area contributed by atoms with Crippen LogP contribution in [0.4, 0.5) is 18.9 Å². The van der Waals surface area contributed by atoms with E-state index in [0.717, 1.165) is 6.07 Å². The largest absolute Gasteiger partial charge is 0.418 e. The fourth-order valence-electron chi connectivity index (χ4n) is 1.42. The van der Waals surface area contributed by atoms with E-state index in [1.165, 1.54) is 25.3 Å². The Bertz CT molecular complexity index is 355. The van der Waals surface area contributed by atoms with E-state index < -0.39 is 17.8 Å². The molecule has 1 rings (SSSR count). The molecule has 0 aliphatic carbocycles. The second-order valence-corrected chi connectivity index (χ2v) is 3.52. The van der Waals surface area contributed by atoms with Gasteiger partial charge in [0.2, 0.25) is 0 Å². The summed E-state index contributed by atoms with van der Waals surface area (Å²) >= 11 is 0. The molecule has 0 saturated carbocycles. The first-order valence-corrected chi connectivity index (χ1v) is 5.01. The summed E-state index contributed by atoms with van der Waals surface area (Å²) < 4.78 is 42.8. The van der Waals surface area contributed by atoms with Crippen LogP contribution in [0.15, 0.2) is 24.3 Å². The van der Waals surface area contributed by atoms with Crippen molar-refractivity contribution in [2.24, 2.45) is 0 Å². The zero-order chi connectivity index (χ0) is 12.9. The molecule has 0 fully saturated rings. The highest BCUT2D eigenvalue weighted by molar-refractivity contribution is 5.53. The minimum atomic E-state index is -4.42. The molecule has 1 aromatic rings. The highest BCUT2D eigenvalue weighted by atomic mass is 19.4. The number of aliphatic hydroxyl groups excluding tert-OH is 1. The monoisotopic (exact) mass is 249 g/mol. The van der Waals surface area contributed by atoms with Gasteiger partial charge in [0.05, 0.1) is 24.8 Å². The SMILES string of the molecule is COCC(CO)Nc1ccccc1C(F)(F)F. The van der Waals surface area contributed by atoms with Crippen LogP contribution in [0.5, 0.6) is 0 Å². The van der Waals surface area contributed by atoms with Crippen molar-refractivity contribution >= 4 is 5.69 Å². The Morgan fingerprint density at radius 3 is 2.53 bits per heavy atom. The second kappa shape index (κ2) is 5.88. The Morgan fingerprint density at radius 2 is 2.00 bits per heavy atom. The Morgan fingerprint density at radius 1 is 1.35 bits per heavy atom. The molecular weight excluding hydrogens is 235 g/mol. The second-order valence-electron chi connectivity index (χ2n) is 3.52. The van der Waals surface area contributed by atoms with Gasteiger partial charge < -0.3 is 15.2 Å². The van der Waals surface area contributed by atoms with Crippen LogP contribution in [0.2, 0.25) is 0 Å². The molecule has 1 unspecified atom stereocenters. The normalized spacial score (nSPS) is 13.5. The van der Waals surface area contributed by atoms with Crippen molar-refractivity contribution in [2.75, 3.05) is 25.6 Å². The minimum absolute atomic E-state index is 0.0592. The molecule has 0 saturated heterocycles. The van der Waals surface area contributed by atoms with Gasteiger partial charge in [-0.25, -0.2) is 0 Å². The van der Waals surface area contributed by atoms with Gasteiger partial charge in [-0.2, -0.15) is 13.2 Å². The zero-order valence-electron chi connectivity index (χ0n) is 9.29. The van der Waals surface area contributed by atoms with Crippen molar-refractivity contribution in [1.82, 2.24) is 0 Å². The minimum Gasteiger partial charge on any atom is -0.394 e. The van der Waals surface area contributed by atoms with Crippen molar-refractivity contribution in [3.05, 3.63) is 29.8 Å². The number of methoxy groups -OCH3 is 1. The smallest absolute Gasteiger partial charge is 0.394 e. The molecule has 96 valence electrons. The molecule has 3 nitrogen and oxygen atoms in total. The lowest BCUT2D eigenvalue weighted by atomic mass is 10.1. The predicted molar refractivity (Wildman–Crippen MR) is 57.8 cm³/mol. The quantitative estimate of drug-likeness (QED) is 0.840. The van der Waals surface area contributed by atoms with E-state index in [4.69, 9.17) is 9.84 Å². The summed E-state index contributed by atoms with van der Waals surface area (Å²) in [4.78, 5) is 0. The van der Waals surface area contributed by atoms with E-state index in [0.29, 0.717) is 0 Å². The van der Waals surface area contributed by atoms with Crippen LogP contribution in [0, 0.1) is 0 Å². The number of benzene rings is 1. The highest BCUT2D eigenvalue weighted by Crippen LogP contribution is 2.34. The Kier molecular flexibility index (Phi) is 4.77. The van der Waals surface area contributed by atoms with Crippen molar-refractivity contribution in [3.8, 4) is 0 Å². The van der Waals surface area contributed by atoms with Gasteiger partial charge in [0.25, 0.3) is 0 Å². The highest BCUT2D eigenvalue weighted by Gasteiger charge is 2.33. The first-order chi connectivity index (χ1) is 7.99. The molecule has 0 spiro atoms. The lowest BCUT2D eigenvalue weighted by Crippen LogP contribution is -2.29. The molecule has 2 N–H and O–H groups in total. The number of hydrogen-bond donors (Lipinski definition) is 2. The summed E-state index contributed by atoms with van der Waals surface area (Å²) in [5.74, 6) is 0. The number of alkyl halides is 3. The number of hydrogen-bond acceptors (Lipinski definition) is 3. The van der Waals surface area contributed by atoms with Crippen molar-refractivity contribution in [3.63, 3.8) is 0 Å². The van der Waals surface area contributed by atoms with Crippen molar-refractivity contribution < 1.29 is 23.0 Å². The summed E-state index contributed by atoms with van der Waals surface area (Å²) in [5.41, 5.74) is -0.814. The molecule has 0 aliphatic heterocycles. The Hall–Kier alpha value is -1.27. The van der Waals surface area contributed by atoms with E-state index in [2.05, 4.69) is 5.32 Å². The van der Waals surface area contributed by atoms with Crippen LogP contribution < -0.4 is 5.32 Å². The molecular formula is C11H14F3NO2. The van der Waals surface area contributed by atoms with Crippen LogP contribution >= 0.6 is 0 Å². The Labute approximate surface area is 97.2 Å². The van der Waals surface area contributed by atoms with E-state index in [9.17, 15) is 13.2 Å². The number of anilines is 1. The lowest BCUT2D eigenvalue weighted by molar-refractivity contribution is -0.137. The summed E-state index contributed by atoms with van der Waals surface area (Å²) in [6.45, 7) is -0.178. The third kappa shape index (κ3) is 3.90. The first-order valence-electron chi connectivity index (χ1n) is 5.01. The predicted octanol–water partition coefficient (Wildman–Crippen LogP) is 2.12. The van der Waals surface area contributed by atoms with Gasteiger partial charge in [0.1, 0.15) is 0 Å². The maximum atomic E-state index is 12.7. The summed E-state index contributed by atoms with van der Waals surface area (Å²) in [6, 6.07) is 4.56. The number of rotatable bonds is 5. The van der Waals surface area contributed by atoms with Gasteiger partial charge in [-0.1, -0.05) is 12.1 Å². The third-order valence-corrected chi connectivity index (χ3v) is 2.18. The van der Waals surface area contributed by atoms with E-state index in [-0.39, 0.29) is 18.9 Å². The van der Waals surface area contributed by atoms with Crippen LogP contribution in [-0.2, 0) is 10.9 Å². The molecule has 17 heavy (non-hydrogen) atoms. The number of para-hydroxylation sites is 1. The molecule has 0 aliphatic rings. The summed E-state index contributed by atoms with van der Waals surface area (Å²) in [5, 5.41) is 11.6. The molecule has 0 aromatic heterocycles. The fraction of sp³-hybridized carbons (Fsp3) is 0.455. The maximum absolute atomic E-state index is 12.7. The average molecular weight is 249 g/mol. The number of nitrogens with one attached hydrogen (secondary N) is 1. The molecule has 1 aromatic carbocycles. The van der Waals surface area contributed by atoms with E-state index >= 15 is 0 Å². The van der Waals surface area contributed by atoms with Crippen LogP contribution in [0.25, 0.3) is 0 Å².